The molecule has 2 heteroatoms. The van der Waals surface area contributed by atoms with Crippen LogP contribution in [0.25, 0.3) is 0 Å². The van der Waals surface area contributed by atoms with E-state index in [4.69, 9.17) is 10.5 Å². The minimum absolute atomic E-state index is 0.677. The maximum Gasteiger partial charge on any atom is 0.130 e. The molecule has 2 aromatic rings. The number of ether oxygens (including phenoxy) is 1. The first-order valence-corrected chi connectivity index (χ1v) is 6.65. The molecule has 2 rings (SSSR count). The molecule has 0 heterocycles. The Hall–Kier alpha value is -1.80. The van der Waals surface area contributed by atoms with Crippen LogP contribution in [0.2, 0.25) is 0 Å². The van der Waals surface area contributed by atoms with E-state index >= 15 is 0 Å². The van der Waals surface area contributed by atoms with Crippen LogP contribution in [-0.4, -0.2) is 6.54 Å². The van der Waals surface area contributed by atoms with Crippen LogP contribution in [0.3, 0.4) is 0 Å². The minimum Gasteiger partial charge on any atom is -0.457 e. The summed E-state index contributed by atoms with van der Waals surface area (Å²) in [7, 11) is 0. The van der Waals surface area contributed by atoms with Gasteiger partial charge in [0.1, 0.15) is 11.5 Å². The molecular weight excluding hydrogens is 234 g/mol. The van der Waals surface area contributed by atoms with Crippen molar-refractivity contribution >= 4 is 0 Å². The molecule has 0 radical (unpaired) electrons. The van der Waals surface area contributed by atoms with Crippen molar-refractivity contribution in [2.75, 3.05) is 6.54 Å². The van der Waals surface area contributed by atoms with Gasteiger partial charge in [0.2, 0.25) is 0 Å². The molecule has 0 spiro atoms. The lowest BCUT2D eigenvalue weighted by Crippen LogP contribution is -2.03. The van der Waals surface area contributed by atoms with Crippen LogP contribution < -0.4 is 10.5 Å². The summed E-state index contributed by atoms with van der Waals surface area (Å²) < 4.78 is 6.00. The highest BCUT2D eigenvalue weighted by atomic mass is 16.5. The Balaban J connectivity index is 2.23. The van der Waals surface area contributed by atoms with E-state index in [1.54, 1.807) is 0 Å². The fourth-order valence-electron chi connectivity index (χ4n) is 2.18. The van der Waals surface area contributed by atoms with Gasteiger partial charge in [-0.2, -0.15) is 0 Å². The quantitative estimate of drug-likeness (QED) is 0.899. The fourth-order valence-corrected chi connectivity index (χ4v) is 2.18. The Morgan fingerprint density at radius 3 is 2.11 bits per heavy atom. The Morgan fingerprint density at radius 2 is 1.53 bits per heavy atom. The third kappa shape index (κ3) is 3.36. The second-order valence-electron chi connectivity index (χ2n) is 5.01. The molecule has 0 amide bonds. The first-order chi connectivity index (χ1) is 9.10. The van der Waals surface area contributed by atoms with Gasteiger partial charge in [0, 0.05) is 0 Å². The predicted octanol–water partition coefficient (Wildman–Crippen LogP) is 3.91. The van der Waals surface area contributed by atoms with Crippen molar-refractivity contribution in [3.8, 4) is 11.5 Å². The summed E-state index contributed by atoms with van der Waals surface area (Å²) in [6.45, 7) is 6.90. The predicted molar refractivity (Wildman–Crippen MR) is 79.9 cm³/mol. The van der Waals surface area contributed by atoms with Crippen LogP contribution >= 0.6 is 0 Å². The van der Waals surface area contributed by atoms with Crippen molar-refractivity contribution in [1.82, 2.24) is 0 Å². The molecule has 0 bridgehead atoms. The largest absolute Gasteiger partial charge is 0.457 e. The van der Waals surface area contributed by atoms with Gasteiger partial charge in [-0.15, -0.1) is 0 Å². The summed E-state index contributed by atoms with van der Waals surface area (Å²) >= 11 is 0. The fraction of sp³-hybridized carbons (Fsp3) is 0.294. The van der Waals surface area contributed by atoms with E-state index in [-0.39, 0.29) is 0 Å². The van der Waals surface area contributed by atoms with E-state index in [9.17, 15) is 0 Å². The first-order valence-electron chi connectivity index (χ1n) is 6.65. The molecule has 0 aliphatic carbocycles. The van der Waals surface area contributed by atoms with E-state index in [1.807, 2.05) is 12.1 Å². The second-order valence-corrected chi connectivity index (χ2v) is 5.01. The zero-order valence-electron chi connectivity index (χ0n) is 11.9. The average Bonchev–Trinajstić information content (AvgIpc) is 2.36. The van der Waals surface area contributed by atoms with Gasteiger partial charge in [0.25, 0.3) is 0 Å². The Labute approximate surface area is 115 Å². The summed E-state index contributed by atoms with van der Waals surface area (Å²) in [5.74, 6) is 1.83. The van der Waals surface area contributed by atoms with Gasteiger partial charge in [-0.1, -0.05) is 29.8 Å². The lowest BCUT2D eigenvalue weighted by Gasteiger charge is -2.12. The summed E-state index contributed by atoms with van der Waals surface area (Å²) in [5, 5.41) is 0. The first kappa shape index (κ1) is 13.6. The lowest BCUT2D eigenvalue weighted by atomic mass is 10.1. The Morgan fingerprint density at radius 1 is 0.895 bits per heavy atom. The van der Waals surface area contributed by atoms with E-state index in [0.29, 0.717) is 6.54 Å². The van der Waals surface area contributed by atoms with Gasteiger partial charge in [0.05, 0.1) is 0 Å². The second kappa shape index (κ2) is 5.89. The summed E-state index contributed by atoms with van der Waals surface area (Å²) in [4.78, 5) is 0. The van der Waals surface area contributed by atoms with Gasteiger partial charge >= 0.3 is 0 Å². The van der Waals surface area contributed by atoms with Crippen LogP contribution in [0.4, 0.5) is 0 Å². The van der Waals surface area contributed by atoms with Gasteiger partial charge in [-0.25, -0.2) is 0 Å². The van der Waals surface area contributed by atoms with E-state index in [2.05, 4.69) is 45.0 Å². The summed E-state index contributed by atoms with van der Waals surface area (Å²) in [6.07, 6.45) is 0.907. The molecular formula is C17H21NO. The van der Waals surface area contributed by atoms with E-state index < -0.39 is 0 Å². The zero-order valence-corrected chi connectivity index (χ0v) is 11.9. The van der Waals surface area contributed by atoms with Gasteiger partial charge in [-0.05, 0) is 62.6 Å². The smallest absolute Gasteiger partial charge is 0.130 e. The van der Waals surface area contributed by atoms with Crippen molar-refractivity contribution in [2.45, 2.75) is 27.2 Å². The topological polar surface area (TPSA) is 35.2 Å². The number of benzene rings is 2. The van der Waals surface area contributed by atoms with Crippen LogP contribution in [0.15, 0.2) is 36.4 Å². The molecule has 2 N–H and O–H groups in total. The molecule has 0 unspecified atom stereocenters. The molecule has 0 aliphatic rings. The maximum absolute atomic E-state index is 6.00. The molecule has 0 aliphatic heterocycles. The lowest BCUT2D eigenvalue weighted by molar-refractivity contribution is 0.475. The number of aryl methyl sites for hydroxylation is 3. The van der Waals surface area contributed by atoms with Crippen molar-refractivity contribution in [3.05, 3.63) is 58.7 Å². The van der Waals surface area contributed by atoms with Crippen molar-refractivity contribution in [1.29, 1.82) is 0 Å². The zero-order chi connectivity index (χ0) is 13.8. The maximum atomic E-state index is 6.00. The highest BCUT2D eigenvalue weighted by molar-refractivity contribution is 5.43. The van der Waals surface area contributed by atoms with Crippen LogP contribution in [0.1, 0.15) is 22.3 Å². The van der Waals surface area contributed by atoms with Crippen LogP contribution in [0, 0.1) is 20.8 Å². The van der Waals surface area contributed by atoms with E-state index in [0.717, 1.165) is 29.0 Å². The molecule has 0 atom stereocenters. The molecule has 2 aromatic carbocycles. The number of hydrogen-bond acceptors (Lipinski definition) is 2. The SMILES string of the molecule is Cc1ccc(Oc2ccc(CCN)cc2C)c(C)c1. The Kier molecular flexibility index (Phi) is 4.23. The third-order valence-corrected chi connectivity index (χ3v) is 3.22. The number of nitrogens with two attached hydrogens (primary N) is 1. The van der Waals surface area contributed by atoms with Gasteiger partial charge in [0.15, 0.2) is 0 Å². The summed E-state index contributed by atoms with van der Waals surface area (Å²) in [6, 6.07) is 12.5. The highest BCUT2D eigenvalue weighted by Gasteiger charge is 2.05. The minimum atomic E-state index is 0.677. The molecule has 0 aromatic heterocycles. The third-order valence-electron chi connectivity index (χ3n) is 3.22. The van der Waals surface area contributed by atoms with Crippen LogP contribution in [0.5, 0.6) is 11.5 Å². The molecule has 100 valence electrons. The van der Waals surface area contributed by atoms with Gasteiger partial charge in [-0.3, -0.25) is 0 Å². The monoisotopic (exact) mass is 255 g/mol. The van der Waals surface area contributed by atoms with Gasteiger partial charge < -0.3 is 10.5 Å². The molecule has 19 heavy (non-hydrogen) atoms. The number of hydrogen-bond donors (Lipinski definition) is 1. The van der Waals surface area contributed by atoms with Crippen molar-refractivity contribution < 1.29 is 4.74 Å². The van der Waals surface area contributed by atoms with Crippen molar-refractivity contribution in [3.63, 3.8) is 0 Å². The summed E-state index contributed by atoms with van der Waals surface area (Å²) in [5.41, 5.74) is 10.4. The molecule has 0 fully saturated rings. The number of rotatable bonds is 4. The average molecular weight is 255 g/mol. The highest BCUT2D eigenvalue weighted by Crippen LogP contribution is 2.28. The molecule has 2 nitrogen and oxygen atoms in total. The standard InChI is InChI=1S/C17H21NO/c1-12-4-6-16(13(2)10-12)19-17-7-5-15(8-9-18)11-14(17)3/h4-7,10-11H,8-9,18H2,1-3H3. The molecule has 0 saturated carbocycles. The van der Waals surface area contributed by atoms with Crippen molar-refractivity contribution in [2.24, 2.45) is 5.73 Å². The Bertz CT molecular complexity index is 575. The van der Waals surface area contributed by atoms with E-state index in [1.165, 1.54) is 11.1 Å². The normalized spacial score (nSPS) is 10.5. The van der Waals surface area contributed by atoms with Crippen LogP contribution in [-0.2, 0) is 6.42 Å². The molecule has 0 saturated heterocycles.